The van der Waals surface area contributed by atoms with E-state index in [0.717, 1.165) is 12.0 Å². The van der Waals surface area contributed by atoms with Gasteiger partial charge in [-0.25, -0.2) is 0 Å². The van der Waals surface area contributed by atoms with Gasteiger partial charge in [-0.1, -0.05) is 0 Å². The minimum Gasteiger partial charge on any atom is -0.459 e. The van der Waals surface area contributed by atoms with E-state index in [4.69, 9.17) is 10.2 Å². The lowest BCUT2D eigenvalue weighted by Gasteiger charge is -2.05. The van der Waals surface area contributed by atoms with Gasteiger partial charge in [-0.3, -0.25) is 9.79 Å². The van der Waals surface area contributed by atoms with E-state index < -0.39 is 0 Å². The Morgan fingerprint density at radius 3 is 2.67 bits per heavy atom. The predicted octanol–water partition coefficient (Wildman–Crippen LogP) is 0.860. The summed E-state index contributed by atoms with van der Waals surface area (Å²) in [6.45, 7) is 3.06. The maximum absolute atomic E-state index is 11.6. The molecule has 4 N–H and O–H groups in total. The fraction of sp³-hybridized carbons (Fsp3) is 0.455. The standard InChI is InChI=1S/C11H18N4O2.HI/c1-8-4-7-17-9(8)10(16)14-5-3-6-15-11(12)13-2;/h4,7H,3,5-6H2,1-2H3,(H,14,16)(H3,12,13,15);1H. The number of rotatable bonds is 5. The zero-order valence-electron chi connectivity index (χ0n) is 10.5. The number of halogens is 1. The summed E-state index contributed by atoms with van der Waals surface area (Å²) in [4.78, 5) is 15.4. The third kappa shape index (κ3) is 5.39. The van der Waals surface area contributed by atoms with E-state index >= 15 is 0 Å². The fourth-order valence-corrected chi connectivity index (χ4v) is 1.27. The van der Waals surface area contributed by atoms with Crippen LogP contribution in [0.1, 0.15) is 22.5 Å². The monoisotopic (exact) mass is 366 g/mol. The molecule has 0 aliphatic heterocycles. The van der Waals surface area contributed by atoms with Crippen LogP contribution in [0, 0.1) is 6.92 Å². The molecule has 0 fully saturated rings. The Bertz CT molecular complexity index is 404. The van der Waals surface area contributed by atoms with Gasteiger partial charge in [-0.2, -0.15) is 0 Å². The summed E-state index contributed by atoms with van der Waals surface area (Å²) in [5.41, 5.74) is 6.28. The number of aryl methyl sites for hydroxylation is 1. The second-order valence-corrected chi connectivity index (χ2v) is 3.58. The van der Waals surface area contributed by atoms with Crippen LogP contribution in [-0.2, 0) is 0 Å². The molecule has 0 saturated carbocycles. The van der Waals surface area contributed by atoms with Crippen LogP contribution < -0.4 is 16.4 Å². The molecule has 0 aromatic carbocycles. The van der Waals surface area contributed by atoms with E-state index in [9.17, 15) is 4.79 Å². The molecule has 1 rings (SSSR count). The number of nitrogens with two attached hydrogens (primary N) is 1. The summed E-state index contributed by atoms with van der Waals surface area (Å²) >= 11 is 0. The van der Waals surface area contributed by atoms with E-state index in [1.165, 1.54) is 6.26 Å². The van der Waals surface area contributed by atoms with E-state index in [1.54, 1.807) is 13.1 Å². The lowest BCUT2D eigenvalue weighted by molar-refractivity contribution is 0.0925. The molecule has 6 nitrogen and oxygen atoms in total. The smallest absolute Gasteiger partial charge is 0.287 e. The highest BCUT2D eigenvalue weighted by Gasteiger charge is 2.10. The zero-order valence-corrected chi connectivity index (χ0v) is 12.9. The Morgan fingerprint density at radius 2 is 2.11 bits per heavy atom. The van der Waals surface area contributed by atoms with Crippen LogP contribution in [0.4, 0.5) is 0 Å². The van der Waals surface area contributed by atoms with Crippen molar-refractivity contribution in [3.63, 3.8) is 0 Å². The minimum atomic E-state index is -0.190. The Hall–Kier alpha value is -1.25. The quantitative estimate of drug-likeness (QED) is 0.312. The van der Waals surface area contributed by atoms with Crippen molar-refractivity contribution in [3.05, 3.63) is 23.7 Å². The van der Waals surface area contributed by atoms with Gasteiger partial charge in [-0.05, 0) is 19.4 Å². The fourth-order valence-electron chi connectivity index (χ4n) is 1.27. The van der Waals surface area contributed by atoms with Crippen LogP contribution in [-0.4, -0.2) is 32.0 Å². The maximum Gasteiger partial charge on any atom is 0.287 e. The van der Waals surface area contributed by atoms with Crippen molar-refractivity contribution in [1.82, 2.24) is 10.6 Å². The molecule has 1 aromatic heterocycles. The molecule has 0 unspecified atom stereocenters. The second kappa shape index (κ2) is 8.78. The van der Waals surface area contributed by atoms with Crippen molar-refractivity contribution in [2.24, 2.45) is 10.7 Å². The van der Waals surface area contributed by atoms with Crippen LogP contribution in [0.2, 0.25) is 0 Å². The number of nitrogens with one attached hydrogen (secondary N) is 2. The largest absolute Gasteiger partial charge is 0.459 e. The Balaban J connectivity index is 0.00000289. The Labute approximate surface area is 123 Å². The van der Waals surface area contributed by atoms with Crippen LogP contribution >= 0.6 is 24.0 Å². The number of furan rings is 1. The van der Waals surface area contributed by atoms with Crippen molar-refractivity contribution >= 4 is 35.8 Å². The average Bonchev–Trinajstić information content (AvgIpc) is 2.74. The molecule has 0 aliphatic carbocycles. The lowest BCUT2D eigenvalue weighted by Crippen LogP contribution is -2.34. The number of aliphatic imine (C=N–C) groups is 1. The highest BCUT2D eigenvalue weighted by Crippen LogP contribution is 2.07. The molecule has 0 saturated heterocycles. The summed E-state index contributed by atoms with van der Waals surface area (Å²) in [6.07, 6.45) is 2.27. The summed E-state index contributed by atoms with van der Waals surface area (Å²) in [5.74, 6) is 0.579. The molecule has 7 heteroatoms. The molecule has 0 spiro atoms. The van der Waals surface area contributed by atoms with Crippen LogP contribution in [0.3, 0.4) is 0 Å². The van der Waals surface area contributed by atoms with E-state index in [0.29, 0.717) is 24.8 Å². The molecule has 0 atom stereocenters. The van der Waals surface area contributed by atoms with Gasteiger partial charge in [0.15, 0.2) is 11.7 Å². The summed E-state index contributed by atoms with van der Waals surface area (Å²) in [5, 5.41) is 5.67. The van der Waals surface area contributed by atoms with Gasteiger partial charge < -0.3 is 20.8 Å². The lowest BCUT2D eigenvalue weighted by atomic mass is 10.2. The molecule has 0 bridgehead atoms. The minimum absolute atomic E-state index is 0. The topological polar surface area (TPSA) is 92.6 Å². The molecule has 0 aliphatic rings. The maximum atomic E-state index is 11.6. The molecular formula is C11H19IN4O2. The SMILES string of the molecule is CN=C(N)NCCCNC(=O)c1occc1C.I. The van der Waals surface area contributed by atoms with Crippen molar-refractivity contribution < 1.29 is 9.21 Å². The first-order valence-corrected chi connectivity index (χ1v) is 5.43. The predicted molar refractivity (Wildman–Crippen MR) is 81.4 cm³/mol. The summed E-state index contributed by atoms with van der Waals surface area (Å²) in [6, 6.07) is 1.76. The van der Waals surface area contributed by atoms with Gasteiger partial charge in [0.05, 0.1) is 6.26 Å². The van der Waals surface area contributed by atoms with Gasteiger partial charge in [0.2, 0.25) is 0 Å². The normalized spacial score (nSPS) is 10.7. The zero-order chi connectivity index (χ0) is 12.7. The molecule has 102 valence electrons. The third-order valence-corrected chi connectivity index (χ3v) is 2.25. The van der Waals surface area contributed by atoms with Crippen LogP contribution in [0.15, 0.2) is 21.7 Å². The highest BCUT2D eigenvalue weighted by atomic mass is 127. The molecular weight excluding hydrogens is 347 g/mol. The number of hydrogen-bond acceptors (Lipinski definition) is 3. The number of carbonyl (C=O) groups is 1. The van der Waals surface area contributed by atoms with E-state index in [2.05, 4.69) is 15.6 Å². The summed E-state index contributed by atoms with van der Waals surface area (Å²) in [7, 11) is 1.61. The number of amides is 1. The summed E-state index contributed by atoms with van der Waals surface area (Å²) < 4.78 is 5.07. The number of nitrogens with zero attached hydrogens (tertiary/aromatic N) is 1. The molecule has 0 radical (unpaired) electrons. The Morgan fingerprint density at radius 1 is 1.44 bits per heavy atom. The average molecular weight is 366 g/mol. The molecule has 1 amide bonds. The van der Waals surface area contributed by atoms with Gasteiger partial charge >= 0.3 is 0 Å². The first-order valence-electron chi connectivity index (χ1n) is 5.43. The first-order chi connectivity index (χ1) is 8.15. The van der Waals surface area contributed by atoms with Crippen molar-refractivity contribution in [1.29, 1.82) is 0 Å². The number of hydrogen-bond donors (Lipinski definition) is 3. The van der Waals surface area contributed by atoms with Gasteiger partial charge in [-0.15, -0.1) is 24.0 Å². The molecule has 1 aromatic rings. The van der Waals surface area contributed by atoms with Gasteiger partial charge in [0.25, 0.3) is 5.91 Å². The van der Waals surface area contributed by atoms with Gasteiger partial charge in [0, 0.05) is 25.7 Å². The van der Waals surface area contributed by atoms with Crippen molar-refractivity contribution in [3.8, 4) is 0 Å². The van der Waals surface area contributed by atoms with Gasteiger partial charge in [0.1, 0.15) is 0 Å². The van der Waals surface area contributed by atoms with E-state index in [-0.39, 0.29) is 29.9 Å². The number of carbonyl (C=O) groups excluding carboxylic acids is 1. The van der Waals surface area contributed by atoms with Crippen LogP contribution in [0.5, 0.6) is 0 Å². The first kappa shape index (κ1) is 16.8. The number of guanidine groups is 1. The van der Waals surface area contributed by atoms with Crippen molar-refractivity contribution in [2.45, 2.75) is 13.3 Å². The highest BCUT2D eigenvalue weighted by molar-refractivity contribution is 14.0. The third-order valence-electron chi connectivity index (χ3n) is 2.25. The van der Waals surface area contributed by atoms with Crippen molar-refractivity contribution in [2.75, 3.05) is 20.1 Å². The second-order valence-electron chi connectivity index (χ2n) is 3.58. The van der Waals surface area contributed by atoms with Crippen LogP contribution in [0.25, 0.3) is 0 Å². The molecule has 1 heterocycles. The van der Waals surface area contributed by atoms with E-state index in [1.807, 2.05) is 6.92 Å². The molecule has 18 heavy (non-hydrogen) atoms. The Kier molecular flexibility index (Phi) is 8.17.